The van der Waals surface area contributed by atoms with Gasteiger partial charge in [0.15, 0.2) is 5.96 Å². The zero-order valence-electron chi connectivity index (χ0n) is 17.5. The quantitative estimate of drug-likeness (QED) is 0.310. The molecule has 1 rings (SSSR count). The van der Waals surface area contributed by atoms with Crippen molar-refractivity contribution in [3.8, 4) is 0 Å². The zero-order chi connectivity index (χ0) is 21.0. The first-order chi connectivity index (χ1) is 13.2. The number of guanidine groups is 1. The van der Waals surface area contributed by atoms with E-state index in [-0.39, 0.29) is 5.91 Å². The minimum atomic E-state index is -0.496. The number of nitrogens with zero attached hydrogens (tertiary/aromatic N) is 1. The van der Waals surface area contributed by atoms with Crippen molar-refractivity contribution in [3.63, 3.8) is 0 Å². The molecule has 0 aliphatic heterocycles. The molecule has 0 heterocycles. The largest absolute Gasteiger partial charge is 0.444 e. The second kappa shape index (κ2) is 11.8. The summed E-state index contributed by atoms with van der Waals surface area (Å²) in [6.07, 6.45) is 0.328. The number of anilines is 1. The number of hydrogen-bond donors (Lipinski definition) is 4. The lowest BCUT2D eigenvalue weighted by Crippen LogP contribution is -2.39. The molecular formula is C20H33N5O3. The molecule has 156 valence electrons. The second-order valence-corrected chi connectivity index (χ2v) is 7.29. The fourth-order valence-corrected chi connectivity index (χ4v) is 2.26. The van der Waals surface area contributed by atoms with Crippen molar-refractivity contribution in [1.29, 1.82) is 0 Å². The molecule has 0 aliphatic carbocycles. The van der Waals surface area contributed by atoms with E-state index in [2.05, 4.69) is 26.3 Å². The van der Waals surface area contributed by atoms with Gasteiger partial charge >= 0.3 is 6.09 Å². The third-order valence-electron chi connectivity index (χ3n) is 3.33. The van der Waals surface area contributed by atoms with Gasteiger partial charge in [0.05, 0.1) is 6.54 Å². The number of hydrogen-bond acceptors (Lipinski definition) is 4. The molecule has 1 aromatic rings. The Hall–Kier alpha value is -2.77. The Morgan fingerprint density at radius 1 is 1.11 bits per heavy atom. The van der Waals surface area contributed by atoms with Crippen LogP contribution in [-0.2, 0) is 16.1 Å². The van der Waals surface area contributed by atoms with Crippen molar-refractivity contribution in [3.05, 3.63) is 29.8 Å². The number of carbonyl (C=O) groups excluding carboxylic acids is 2. The van der Waals surface area contributed by atoms with Gasteiger partial charge in [-0.05, 0) is 51.8 Å². The fourth-order valence-electron chi connectivity index (χ4n) is 2.26. The summed E-state index contributed by atoms with van der Waals surface area (Å²) in [6.45, 7) is 11.4. The van der Waals surface area contributed by atoms with Gasteiger partial charge in [-0.2, -0.15) is 0 Å². The molecule has 0 radical (unpaired) electrons. The summed E-state index contributed by atoms with van der Waals surface area (Å²) < 4.78 is 5.19. The van der Waals surface area contributed by atoms with Crippen LogP contribution in [0.25, 0.3) is 0 Å². The molecule has 0 unspecified atom stereocenters. The zero-order valence-corrected chi connectivity index (χ0v) is 17.5. The number of ether oxygens (including phenoxy) is 1. The minimum absolute atomic E-state index is 0.101. The van der Waals surface area contributed by atoms with Crippen molar-refractivity contribution in [2.75, 3.05) is 25.0 Å². The van der Waals surface area contributed by atoms with Crippen LogP contribution in [0.2, 0.25) is 0 Å². The van der Waals surface area contributed by atoms with E-state index in [0.717, 1.165) is 24.2 Å². The molecule has 0 aromatic heterocycles. The number of amides is 2. The first-order valence-electron chi connectivity index (χ1n) is 9.55. The van der Waals surface area contributed by atoms with Crippen LogP contribution in [0.4, 0.5) is 10.5 Å². The van der Waals surface area contributed by atoms with Gasteiger partial charge in [0.2, 0.25) is 5.91 Å². The second-order valence-electron chi connectivity index (χ2n) is 7.29. The van der Waals surface area contributed by atoms with Crippen molar-refractivity contribution in [2.24, 2.45) is 4.99 Å². The van der Waals surface area contributed by atoms with E-state index in [1.165, 1.54) is 6.92 Å². The molecule has 2 amide bonds. The van der Waals surface area contributed by atoms with Gasteiger partial charge in [0, 0.05) is 32.2 Å². The average molecular weight is 392 g/mol. The topological polar surface area (TPSA) is 104 Å². The number of carbonyl (C=O) groups is 2. The van der Waals surface area contributed by atoms with Crippen molar-refractivity contribution in [1.82, 2.24) is 16.0 Å². The molecule has 28 heavy (non-hydrogen) atoms. The van der Waals surface area contributed by atoms with Crippen LogP contribution in [0.3, 0.4) is 0 Å². The van der Waals surface area contributed by atoms with Crippen LogP contribution < -0.4 is 21.3 Å². The van der Waals surface area contributed by atoms with E-state index >= 15 is 0 Å². The molecule has 0 atom stereocenters. The van der Waals surface area contributed by atoms with Crippen molar-refractivity contribution >= 4 is 23.6 Å². The third-order valence-corrected chi connectivity index (χ3v) is 3.33. The van der Waals surface area contributed by atoms with Gasteiger partial charge in [-0.1, -0.05) is 12.1 Å². The van der Waals surface area contributed by atoms with Crippen LogP contribution >= 0.6 is 0 Å². The summed E-state index contributed by atoms with van der Waals surface area (Å²) in [6, 6.07) is 7.59. The fraction of sp³-hybridized carbons (Fsp3) is 0.550. The molecule has 4 N–H and O–H groups in total. The Kier molecular flexibility index (Phi) is 9.84. The average Bonchev–Trinajstić information content (AvgIpc) is 2.57. The highest BCUT2D eigenvalue weighted by molar-refractivity contribution is 5.88. The van der Waals surface area contributed by atoms with E-state index in [1.807, 2.05) is 52.0 Å². The van der Waals surface area contributed by atoms with Gasteiger partial charge in [-0.15, -0.1) is 0 Å². The van der Waals surface area contributed by atoms with Gasteiger partial charge in [-0.3, -0.25) is 4.79 Å². The highest BCUT2D eigenvalue weighted by atomic mass is 16.6. The molecule has 8 heteroatoms. The Balaban J connectivity index is 2.44. The van der Waals surface area contributed by atoms with E-state index in [4.69, 9.17) is 4.74 Å². The molecule has 8 nitrogen and oxygen atoms in total. The van der Waals surface area contributed by atoms with Crippen LogP contribution in [0, 0.1) is 0 Å². The highest BCUT2D eigenvalue weighted by Gasteiger charge is 2.15. The van der Waals surface area contributed by atoms with E-state index in [9.17, 15) is 9.59 Å². The number of nitrogens with one attached hydrogen (secondary N) is 4. The molecular weight excluding hydrogens is 358 g/mol. The number of rotatable bonds is 8. The van der Waals surface area contributed by atoms with Crippen LogP contribution in [0.1, 0.15) is 46.6 Å². The van der Waals surface area contributed by atoms with Gasteiger partial charge in [0.1, 0.15) is 5.60 Å². The lowest BCUT2D eigenvalue weighted by molar-refractivity contribution is -0.114. The minimum Gasteiger partial charge on any atom is -0.444 e. The number of alkyl carbamates (subject to hydrolysis) is 1. The predicted octanol–water partition coefficient (Wildman–Crippen LogP) is 2.61. The molecule has 0 aliphatic rings. The maximum absolute atomic E-state index is 11.6. The molecule has 0 spiro atoms. The maximum Gasteiger partial charge on any atom is 0.407 e. The third kappa shape index (κ3) is 11.1. The number of aliphatic imine (C=N–C) groups is 1. The van der Waals surface area contributed by atoms with Crippen molar-refractivity contribution in [2.45, 2.75) is 53.2 Å². The Bertz CT molecular complexity index is 668. The van der Waals surface area contributed by atoms with Crippen molar-refractivity contribution < 1.29 is 14.3 Å². The summed E-state index contributed by atoms with van der Waals surface area (Å²) >= 11 is 0. The smallest absolute Gasteiger partial charge is 0.407 e. The first kappa shape index (κ1) is 23.3. The molecule has 0 fully saturated rings. The van der Waals surface area contributed by atoms with Crippen LogP contribution in [-0.4, -0.2) is 43.2 Å². The summed E-state index contributed by atoms with van der Waals surface area (Å²) in [5.74, 6) is 0.598. The van der Waals surface area contributed by atoms with E-state index in [1.54, 1.807) is 0 Å². The molecule has 1 aromatic carbocycles. The maximum atomic E-state index is 11.6. The first-order valence-corrected chi connectivity index (χ1v) is 9.55. The lowest BCUT2D eigenvalue weighted by atomic mass is 10.2. The Labute approximate surface area is 167 Å². The predicted molar refractivity (Wildman–Crippen MR) is 112 cm³/mol. The molecule has 0 saturated heterocycles. The SMILES string of the molecule is CCNC(=NCc1cccc(NC(C)=O)c1)NCCCNC(=O)OC(C)(C)C. The van der Waals surface area contributed by atoms with Crippen LogP contribution in [0.15, 0.2) is 29.3 Å². The summed E-state index contributed by atoms with van der Waals surface area (Å²) in [5.41, 5.74) is 1.26. The molecule has 0 saturated carbocycles. The summed E-state index contributed by atoms with van der Waals surface area (Å²) in [5, 5.41) is 11.9. The van der Waals surface area contributed by atoms with Gasteiger partial charge in [-0.25, -0.2) is 9.79 Å². The monoisotopic (exact) mass is 391 g/mol. The van der Waals surface area contributed by atoms with Crippen LogP contribution in [0.5, 0.6) is 0 Å². The Morgan fingerprint density at radius 2 is 1.82 bits per heavy atom. The number of benzene rings is 1. The molecule has 0 bridgehead atoms. The lowest BCUT2D eigenvalue weighted by Gasteiger charge is -2.19. The normalized spacial score (nSPS) is 11.5. The Morgan fingerprint density at radius 3 is 2.46 bits per heavy atom. The standard InChI is InChI=1S/C20H33N5O3/c1-6-21-18(22-11-8-12-23-19(27)28-20(3,4)5)24-14-16-9-7-10-17(13-16)25-15(2)26/h7,9-10,13H,6,8,11-12,14H2,1-5H3,(H,23,27)(H,25,26)(H2,21,22,24). The van der Waals surface area contributed by atoms with Gasteiger partial charge < -0.3 is 26.0 Å². The van der Waals surface area contributed by atoms with E-state index < -0.39 is 11.7 Å². The summed E-state index contributed by atoms with van der Waals surface area (Å²) in [4.78, 5) is 27.3. The highest BCUT2D eigenvalue weighted by Crippen LogP contribution is 2.11. The van der Waals surface area contributed by atoms with E-state index in [0.29, 0.717) is 25.6 Å². The summed E-state index contributed by atoms with van der Waals surface area (Å²) in [7, 11) is 0. The van der Waals surface area contributed by atoms with Gasteiger partial charge in [0.25, 0.3) is 0 Å².